The van der Waals surface area contributed by atoms with E-state index in [1.807, 2.05) is 24.4 Å². The van der Waals surface area contributed by atoms with Crippen LogP contribution >= 0.6 is 22.7 Å². The number of amides is 1. The van der Waals surface area contributed by atoms with E-state index in [4.69, 9.17) is 0 Å². The van der Waals surface area contributed by atoms with Crippen LogP contribution in [0.15, 0.2) is 41.8 Å². The molecule has 0 unspecified atom stereocenters. The highest BCUT2D eigenvalue weighted by molar-refractivity contribution is 7.17. The van der Waals surface area contributed by atoms with Crippen LogP contribution in [0.1, 0.15) is 25.6 Å². The van der Waals surface area contributed by atoms with E-state index >= 15 is 0 Å². The van der Waals surface area contributed by atoms with E-state index in [0.29, 0.717) is 16.3 Å². The quantitative estimate of drug-likeness (QED) is 0.709. The molecule has 0 saturated heterocycles. The minimum Gasteiger partial charge on any atom is -0.465 e. The molecule has 1 N–H and O–H groups in total. The Morgan fingerprint density at radius 1 is 1.08 bits per heavy atom. The van der Waals surface area contributed by atoms with E-state index in [2.05, 4.69) is 15.0 Å². The number of methoxy groups -OCH3 is 1. The van der Waals surface area contributed by atoms with Gasteiger partial charge in [0.1, 0.15) is 0 Å². The van der Waals surface area contributed by atoms with Gasteiger partial charge >= 0.3 is 5.97 Å². The molecule has 0 bridgehead atoms. The normalized spacial score (nSPS) is 10.4. The Morgan fingerprint density at radius 3 is 2.42 bits per heavy atom. The molecular formula is C17H14N2O3S2. The topological polar surface area (TPSA) is 68.3 Å². The predicted molar refractivity (Wildman–Crippen MR) is 95.9 cm³/mol. The van der Waals surface area contributed by atoms with Crippen LogP contribution in [0.2, 0.25) is 0 Å². The van der Waals surface area contributed by atoms with Crippen LogP contribution in [0.4, 0.5) is 5.13 Å². The van der Waals surface area contributed by atoms with Gasteiger partial charge in [-0.05, 0) is 43.3 Å². The number of benzene rings is 1. The number of hydrogen-bond donors (Lipinski definition) is 1. The Kier molecular flexibility index (Phi) is 4.73. The molecule has 5 nitrogen and oxygen atoms in total. The standard InChI is InChI=1S/C17H14N2O3S2/c1-10-3-8-14(24-10)13-9-23-17(18-13)19-15(20)11-4-6-12(7-5-11)16(21)22-2/h3-9H,1-2H3,(H,18,19,20). The fourth-order valence-corrected chi connectivity index (χ4v) is 3.67. The number of anilines is 1. The third kappa shape index (κ3) is 3.52. The number of nitrogens with one attached hydrogen (secondary N) is 1. The zero-order valence-electron chi connectivity index (χ0n) is 13.0. The molecule has 0 saturated carbocycles. The molecule has 1 amide bonds. The molecule has 2 aromatic heterocycles. The van der Waals surface area contributed by atoms with Crippen LogP contribution in [0, 0.1) is 6.92 Å². The van der Waals surface area contributed by atoms with E-state index in [1.54, 1.807) is 35.6 Å². The molecule has 0 aliphatic rings. The molecule has 0 fully saturated rings. The SMILES string of the molecule is COC(=O)c1ccc(C(=O)Nc2nc(-c3ccc(C)s3)cs2)cc1. The molecule has 3 rings (SSSR count). The first-order valence-corrected chi connectivity index (χ1v) is 8.78. The van der Waals surface area contributed by atoms with Gasteiger partial charge in [-0.1, -0.05) is 0 Å². The van der Waals surface area contributed by atoms with Crippen LogP contribution in [-0.4, -0.2) is 24.0 Å². The first-order valence-electron chi connectivity index (χ1n) is 7.09. The Hall–Kier alpha value is -2.51. The van der Waals surface area contributed by atoms with Crippen LogP contribution < -0.4 is 5.32 Å². The minimum absolute atomic E-state index is 0.269. The van der Waals surface area contributed by atoms with Gasteiger partial charge in [-0.3, -0.25) is 10.1 Å². The average Bonchev–Trinajstić information content (AvgIpc) is 3.23. The van der Waals surface area contributed by atoms with Gasteiger partial charge in [0.15, 0.2) is 5.13 Å². The number of carbonyl (C=O) groups excluding carboxylic acids is 2. The highest BCUT2D eigenvalue weighted by atomic mass is 32.1. The van der Waals surface area contributed by atoms with Crippen molar-refractivity contribution in [2.45, 2.75) is 6.92 Å². The first kappa shape index (κ1) is 16.4. The molecule has 0 aliphatic heterocycles. The van der Waals surface area contributed by atoms with Crippen LogP contribution in [-0.2, 0) is 4.74 Å². The molecular weight excluding hydrogens is 344 g/mol. The number of ether oxygens (including phenoxy) is 1. The highest BCUT2D eigenvalue weighted by Gasteiger charge is 2.12. The zero-order chi connectivity index (χ0) is 17.1. The van der Waals surface area contributed by atoms with E-state index in [0.717, 1.165) is 10.6 Å². The molecule has 7 heteroatoms. The van der Waals surface area contributed by atoms with Gasteiger partial charge in [0, 0.05) is 15.8 Å². The number of esters is 1. The summed E-state index contributed by atoms with van der Waals surface area (Å²) in [4.78, 5) is 30.4. The van der Waals surface area contributed by atoms with Gasteiger partial charge < -0.3 is 4.74 Å². The average molecular weight is 358 g/mol. The van der Waals surface area contributed by atoms with E-state index in [9.17, 15) is 9.59 Å². The Balaban J connectivity index is 1.71. The summed E-state index contributed by atoms with van der Waals surface area (Å²) in [6, 6.07) is 10.3. The van der Waals surface area contributed by atoms with Crippen LogP contribution in [0.5, 0.6) is 0 Å². The maximum Gasteiger partial charge on any atom is 0.337 e. The molecule has 24 heavy (non-hydrogen) atoms. The first-order chi connectivity index (χ1) is 11.6. The van der Waals surface area contributed by atoms with Crippen molar-refractivity contribution in [3.05, 3.63) is 57.8 Å². The van der Waals surface area contributed by atoms with E-state index in [1.165, 1.54) is 23.3 Å². The van der Waals surface area contributed by atoms with Crippen molar-refractivity contribution in [3.63, 3.8) is 0 Å². The van der Waals surface area contributed by atoms with Crippen molar-refractivity contribution in [2.24, 2.45) is 0 Å². The molecule has 0 aliphatic carbocycles. The second-order valence-corrected chi connectivity index (χ2v) is 7.12. The van der Waals surface area contributed by atoms with Gasteiger partial charge in [-0.15, -0.1) is 22.7 Å². The molecule has 3 aromatic rings. The number of nitrogens with zero attached hydrogens (tertiary/aromatic N) is 1. The van der Waals surface area contributed by atoms with Gasteiger partial charge in [0.2, 0.25) is 0 Å². The van der Waals surface area contributed by atoms with Gasteiger partial charge in [0.05, 0.1) is 23.2 Å². The number of rotatable bonds is 4. The fraction of sp³-hybridized carbons (Fsp3) is 0.118. The number of aromatic nitrogens is 1. The summed E-state index contributed by atoms with van der Waals surface area (Å²) in [6.07, 6.45) is 0. The maximum absolute atomic E-state index is 12.3. The number of carbonyl (C=O) groups is 2. The van der Waals surface area contributed by atoms with Gasteiger partial charge in [0.25, 0.3) is 5.91 Å². The molecule has 1 aromatic carbocycles. The lowest BCUT2D eigenvalue weighted by Gasteiger charge is -2.03. The van der Waals surface area contributed by atoms with E-state index in [-0.39, 0.29) is 5.91 Å². The monoisotopic (exact) mass is 358 g/mol. The second kappa shape index (κ2) is 6.94. The van der Waals surface area contributed by atoms with Crippen molar-refractivity contribution < 1.29 is 14.3 Å². The summed E-state index contributed by atoms with van der Waals surface area (Å²) >= 11 is 3.04. The fourth-order valence-electron chi connectivity index (χ4n) is 2.06. The predicted octanol–water partition coefficient (Wildman–Crippen LogP) is 4.22. The molecule has 122 valence electrons. The maximum atomic E-state index is 12.3. The van der Waals surface area contributed by atoms with Crippen LogP contribution in [0.3, 0.4) is 0 Å². The number of thiazole rings is 1. The number of aryl methyl sites for hydroxylation is 1. The third-order valence-corrected chi connectivity index (χ3v) is 5.07. The minimum atomic E-state index is -0.433. The largest absolute Gasteiger partial charge is 0.465 e. The molecule has 0 spiro atoms. The highest BCUT2D eigenvalue weighted by Crippen LogP contribution is 2.30. The summed E-state index contributed by atoms with van der Waals surface area (Å²) in [7, 11) is 1.32. The second-order valence-electron chi connectivity index (χ2n) is 4.97. The lowest BCUT2D eigenvalue weighted by molar-refractivity contribution is 0.0600. The van der Waals surface area contributed by atoms with Gasteiger partial charge in [-0.2, -0.15) is 0 Å². The summed E-state index contributed by atoms with van der Waals surface area (Å²) in [5.74, 6) is -0.701. The van der Waals surface area contributed by atoms with Gasteiger partial charge in [-0.25, -0.2) is 9.78 Å². The van der Waals surface area contributed by atoms with Crippen LogP contribution in [0.25, 0.3) is 10.6 Å². The summed E-state index contributed by atoms with van der Waals surface area (Å²) < 4.78 is 4.63. The summed E-state index contributed by atoms with van der Waals surface area (Å²) in [5.41, 5.74) is 1.71. The van der Waals surface area contributed by atoms with Crippen molar-refractivity contribution in [2.75, 3.05) is 12.4 Å². The molecule has 0 radical (unpaired) electrons. The summed E-state index contributed by atoms with van der Waals surface area (Å²) in [6.45, 7) is 2.04. The smallest absolute Gasteiger partial charge is 0.337 e. The van der Waals surface area contributed by atoms with Crippen molar-refractivity contribution in [3.8, 4) is 10.6 Å². The van der Waals surface area contributed by atoms with Crippen molar-refractivity contribution in [1.82, 2.24) is 4.98 Å². The summed E-state index contributed by atoms with van der Waals surface area (Å²) in [5, 5.41) is 5.23. The Morgan fingerprint density at radius 2 is 1.79 bits per heavy atom. The number of thiophene rings is 1. The molecule has 2 heterocycles. The third-order valence-electron chi connectivity index (χ3n) is 3.29. The Bertz CT molecular complexity index is 881. The van der Waals surface area contributed by atoms with Crippen molar-refractivity contribution >= 4 is 39.7 Å². The molecule has 0 atom stereocenters. The zero-order valence-corrected chi connectivity index (χ0v) is 14.7. The Labute approximate surface area is 146 Å². The number of hydrogen-bond acceptors (Lipinski definition) is 6. The van der Waals surface area contributed by atoms with Crippen molar-refractivity contribution in [1.29, 1.82) is 0 Å². The lowest BCUT2D eigenvalue weighted by Crippen LogP contribution is -2.12. The van der Waals surface area contributed by atoms with E-state index < -0.39 is 5.97 Å². The lowest BCUT2D eigenvalue weighted by atomic mass is 10.1.